The van der Waals surface area contributed by atoms with Crippen molar-refractivity contribution in [3.8, 4) is 10.6 Å². The van der Waals surface area contributed by atoms with Crippen LogP contribution in [-0.4, -0.2) is 77.0 Å². The van der Waals surface area contributed by atoms with Crippen molar-refractivity contribution in [3.05, 3.63) is 65.6 Å². The highest BCUT2D eigenvalue weighted by atomic mass is 35.5. The molecule has 0 saturated carbocycles. The fourth-order valence-corrected chi connectivity index (χ4v) is 5.48. The smallest absolute Gasteiger partial charge is 0.255 e. The van der Waals surface area contributed by atoms with Gasteiger partial charge in [0.05, 0.1) is 28.0 Å². The van der Waals surface area contributed by atoms with Gasteiger partial charge in [0.15, 0.2) is 0 Å². The van der Waals surface area contributed by atoms with Gasteiger partial charge in [-0.25, -0.2) is 9.97 Å². The SMILES string of the molecule is CN1CCN(CCCNc2ncc(Cl)c(-c3cc4ccc(C(=O)Nc5cccnc5)cc4s3)n2)CC1. The molecule has 0 atom stereocenters. The summed E-state index contributed by atoms with van der Waals surface area (Å²) in [4.78, 5) is 31.6. The third kappa shape index (κ3) is 5.99. The molecule has 36 heavy (non-hydrogen) atoms. The summed E-state index contributed by atoms with van der Waals surface area (Å²) < 4.78 is 0.986. The van der Waals surface area contributed by atoms with Crippen LogP contribution in [0.5, 0.6) is 0 Å². The molecule has 1 amide bonds. The second kappa shape index (κ2) is 11.3. The highest BCUT2D eigenvalue weighted by Gasteiger charge is 2.15. The van der Waals surface area contributed by atoms with Crippen LogP contribution in [0.1, 0.15) is 16.8 Å². The molecule has 1 aromatic carbocycles. The minimum absolute atomic E-state index is 0.178. The largest absolute Gasteiger partial charge is 0.354 e. The highest BCUT2D eigenvalue weighted by Crippen LogP contribution is 2.36. The van der Waals surface area contributed by atoms with Crippen molar-refractivity contribution >= 4 is 50.6 Å². The van der Waals surface area contributed by atoms with Crippen molar-refractivity contribution in [2.24, 2.45) is 0 Å². The Labute approximate surface area is 219 Å². The number of benzene rings is 1. The van der Waals surface area contributed by atoms with Gasteiger partial charge in [-0.3, -0.25) is 9.78 Å². The van der Waals surface area contributed by atoms with Gasteiger partial charge in [-0.1, -0.05) is 17.7 Å². The molecule has 4 heterocycles. The summed E-state index contributed by atoms with van der Waals surface area (Å²) >= 11 is 8.03. The van der Waals surface area contributed by atoms with Gasteiger partial charge in [-0.15, -0.1) is 11.3 Å². The summed E-state index contributed by atoms with van der Waals surface area (Å²) in [6.07, 6.45) is 5.96. The Kier molecular flexibility index (Phi) is 7.72. The van der Waals surface area contributed by atoms with E-state index >= 15 is 0 Å². The van der Waals surface area contributed by atoms with E-state index in [2.05, 4.69) is 37.4 Å². The average Bonchev–Trinajstić information content (AvgIpc) is 3.32. The molecule has 0 spiro atoms. The maximum atomic E-state index is 12.7. The van der Waals surface area contributed by atoms with E-state index in [1.807, 2.05) is 30.3 Å². The molecule has 186 valence electrons. The second-order valence-electron chi connectivity index (χ2n) is 8.87. The molecular formula is C26H28ClN7OS. The first-order chi connectivity index (χ1) is 17.5. The van der Waals surface area contributed by atoms with Gasteiger partial charge in [0, 0.05) is 49.2 Å². The lowest BCUT2D eigenvalue weighted by molar-refractivity contribution is 0.102. The normalized spacial score (nSPS) is 14.7. The molecule has 1 saturated heterocycles. The molecular weight excluding hydrogens is 494 g/mol. The molecule has 8 nitrogen and oxygen atoms in total. The predicted octanol–water partition coefficient (Wildman–Crippen LogP) is 4.71. The maximum absolute atomic E-state index is 12.7. The highest BCUT2D eigenvalue weighted by molar-refractivity contribution is 7.22. The minimum Gasteiger partial charge on any atom is -0.354 e. The summed E-state index contributed by atoms with van der Waals surface area (Å²) in [6.45, 7) is 6.36. The zero-order valence-electron chi connectivity index (χ0n) is 20.1. The number of carbonyl (C=O) groups is 1. The Bertz CT molecular complexity index is 1340. The van der Waals surface area contributed by atoms with Crippen LogP contribution in [0.25, 0.3) is 20.7 Å². The molecule has 0 radical (unpaired) electrons. The lowest BCUT2D eigenvalue weighted by Crippen LogP contribution is -2.44. The van der Waals surface area contributed by atoms with Crippen LogP contribution < -0.4 is 10.6 Å². The van der Waals surface area contributed by atoms with E-state index in [1.54, 1.807) is 36.0 Å². The maximum Gasteiger partial charge on any atom is 0.255 e. The van der Waals surface area contributed by atoms with Crippen molar-refractivity contribution < 1.29 is 4.79 Å². The monoisotopic (exact) mass is 521 g/mol. The van der Waals surface area contributed by atoms with E-state index in [1.165, 1.54) is 0 Å². The number of pyridine rings is 1. The number of nitrogens with one attached hydrogen (secondary N) is 2. The number of thiophene rings is 1. The van der Waals surface area contributed by atoms with E-state index in [9.17, 15) is 4.79 Å². The molecule has 1 fully saturated rings. The molecule has 1 aliphatic rings. The van der Waals surface area contributed by atoms with E-state index in [0.29, 0.717) is 27.9 Å². The van der Waals surface area contributed by atoms with E-state index in [0.717, 1.165) is 60.7 Å². The van der Waals surface area contributed by atoms with E-state index in [4.69, 9.17) is 16.6 Å². The summed E-state index contributed by atoms with van der Waals surface area (Å²) in [5.41, 5.74) is 1.93. The summed E-state index contributed by atoms with van der Waals surface area (Å²) in [5.74, 6) is 0.393. The van der Waals surface area contributed by atoms with Crippen LogP contribution in [0.2, 0.25) is 5.02 Å². The number of fused-ring (bicyclic) bond motifs is 1. The first kappa shape index (κ1) is 24.6. The van der Waals surface area contributed by atoms with Crippen molar-refractivity contribution in [2.75, 3.05) is 56.9 Å². The van der Waals surface area contributed by atoms with Crippen LogP contribution in [0.3, 0.4) is 0 Å². The Morgan fingerprint density at radius 3 is 2.81 bits per heavy atom. The van der Waals surface area contributed by atoms with Crippen LogP contribution in [0, 0.1) is 0 Å². The van der Waals surface area contributed by atoms with Crippen LogP contribution >= 0.6 is 22.9 Å². The Morgan fingerprint density at radius 1 is 1.14 bits per heavy atom. The van der Waals surface area contributed by atoms with Gasteiger partial charge in [0.1, 0.15) is 5.69 Å². The number of anilines is 2. The zero-order chi connectivity index (χ0) is 24.9. The van der Waals surface area contributed by atoms with Crippen molar-refractivity contribution in [1.29, 1.82) is 0 Å². The van der Waals surface area contributed by atoms with Crippen LogP contribution in [0.15, 0.2) is 55.0 Å². The van der Waals surface area contributed by atoms with Gasteiger partial charge in [-0.05, 0) is 55.7 Å². The Morgan fingerprint density at radius 2 is 2.00 bits per heavy atom. The summed E-state index contributed by atoms with van der Waals surface area (Å²) in [6, 6.07) is 11.3. The van der Waals surface area contributed by atoms with Gasteiger partial charge in [0.2, 0.25) is 5.95 Å². The number of halogens is 1. The fourth-order valence-electron chi connectivity index (χ4n) is 4.13. The van der Waals surface area contributed by atoms with Crippen molar-refractivity contribution in [1.82, 2.24) is 24.8 Å². The number of hydrogen-bond acceptors (Lipinski definition) is 8. The lowest BCUT2D eigenvalue weighted by Gasteiger charge is -2.32. The number of amides is 1. The van der Waals surface area contributed by atoms with Gasteiger partial charge < -0.3 is 20.4 Å². The van der Waals surface area contributed by atoms with Gasteiger partial charge in [0.25, 0.3) is 5.91 Å². The number of carbonyl (C=O) groups excluding carboxylic acids is 1. The molecule has 10 heteroatoms. The van der Waals surface area contributed by atoms with Gasteiger partial charge >= 0.3 is 0 Å². The number of likely N-dealkylation sites (N-methyl/N-ethyl adjacent to an activating group) is 1. The summed E-state index contributed by atoms with van der Waals surface area (Å²) in [5, 5.41) is 7.74. The standard InChI is InChI=1S/C26H28ClN7OS/c1-33-10-12-34(13-11-33)9-3-8-29-26-30-17-21(27)24(32-26)23-14-18-5-6-19(15-22(18)36-23)25(35)31-20-4-2-7-28-16-20/h2,4-7,14-17H,3,8-13H2,1H3,(H,31,35)(H,29,30,32). The first-order valence-electron chi connectivity index (χ1n) is 12.0. The topological polar surface area (TPSA) is 86.3 Å². The third-order valence-corrected chi connectivity index (χ3v) is 7.59. The Hall–Kier alpha value is -3.11. The van der Waals surface area contributed by atoms with Gasteiger partial charge in [-0.2, -0.15) is 0 Å². The predicted molar refractivity (Wildman–Crippen MR) is 147 cm³/mol. The van der Waals surface area contributed by atoms with Crippen molar-refractivity contribution in [2.45, 2.75) is 6.42 Å². The Balaban J connectivity index is 1.25. The summed E-state index contributed by atoms with van der Waals surface area (Å²) in [7, 11) is 2.17. The molecule has 3 aromatic heterocycles. The van der Waals surface area contributed by atoms with Crippen LogP contribution in [-0.2, 0) is 0 Å². The molecule has 0 bridgehead atoms. The lowest BCUT2D eigenvalue weighted by atomic mass is 10.1. The third-order valence-electron chi connectivity index (χ3n) is 6.21. The van der Waals surface area contributed by atoms with E-state index in [-0.39, 0.29) is 5.91 Å². The second-order valence-corrected chi connectivity index (χ2v) is 10.4. The number of nitrogens with zero attached hydrogens (tertiary/aromatic N) is 5. The molecule has 1 aliphatic heterocycles. The minimum atomic E-state index is -0.178. The van der Waals surface area contributed by atoms with Crippen LogP contribution in [0.4, 0.5) is 11.6 Å². The number of hydrogen-bond donors (Lipinski definition) is 2. The first-order valence-corrected chi connectivity index (χ1v) is 13.2. The number of aromatic nitrogens is 3. The molecule has 0 aliphatic carbocycles. The molecule has 2 N–H and O–H groups in total. The molecule has 0 unspecified atom stereocenters. The quantitative estimate of drug-likeness (QED) is 0.325. The fraction of sp³-hybridized carbons (Fsp3) is 0.308. The number of rotatable bonds is 8. The van der Waals surface area contributed by atoms with E-state index < -0.39 is 0 Å². The molecule has 5 rings (SSSR count). The zero-order valence-corrected chi connectivity index (χ0v) is 21.6. The average molecular weight is 522 g/mol. The number of piperazine rings is 1. The van der Waals surface area contributed by atoms with Crippen molar-refractivity contribution in [3.63, 3.8) is 0 Å². The molecule has 4 aromatic rings.